The van der Waals surface area contributed by atoms with Gasteiger partial charge in [0.15, 0.2) is 0 Å². The van der Waals surface area contributed by atoms with Crippen molar-refractivity contribution >= 4 is 16.9 Å². The molecule has 0 aliphatic carbocycles. The minimum atomic E-state index is 0.0918. The summed E-state index contributed by atoms with van der Waals surface area (Å²) < 4.78 is 11.0. The third-order valence-electron chi connectivity index (χ3n) is 5.44. The summed E-state index contributed by atoms with van der Waals surface area (Å²) in [4.78, 5) is 17.5. The Labute approximate surface area is 142 Å². The first kappa shape index (κ1) is 15.7. The highest BCUT2D eigenvalue weighted by Crippen LogP contribution is 2.29. The molecule has 0 unspecified atom stereocenters. The fourth-order valence-electron chi connectivity index (χ4n) is 4.06. The van der Waals surface area contributed by atoms with Crippen LogP contribution in [0.1, 0.15) is 23.7 Å². The molecule has 3 heterocycles. The second kappa shape index (κ2) is 6.57. The zero-order valence-corrected chi connectivity index (χ0v) is 14.1. The van der Waals surface area contributed by atoms with Crippen molar-refractivity contribution in [2.75, 3.05) is 39.4 Å². The third-order valence-corrected chi connectivity index (χ3v) is 5.44. The Bertz CT molecular complexity index is 720. The molecule has 0 radical (unpaired) electrons. The maximum absolute atomic E-state index is 13.0. The minimum absolute atomic E-state index is 0.0918. The number of fused-ring (bicyclic) bond motifs is 1. The van der Waals surface area contributed by atoms with Crippen molar-refractivity contribution in [2.45, 2.75) is 19.4 Å². The maximum atomic E-state index is 13.0. The first-order valence-corrected chi connectivity index (χ1v) is 8.85. The number of morpholine rings is 1. The molecule has 24 heavy (non-hydrogen) atoms. The summed E-state index contributed by atoms with van der Waals surface area (Å²) in [7, 11) is 0. The van der Waals surface area contributed by atoms with Crippen LogP contribution >= 0.6 is 0 Å². The van der Waals surface area contributed by atoms with Crippen molar-refractivity contribution in [2.24, 2.45) is 5.92 Å². The molecule has 2 atom stereocenters. The van der Waals surface area contributed by atoms with E-state index in [1.54, 1.807) is 6.26 Å². The Balaban J connectivity index is 1.55. The molecule has 1 aromatic carbocycles. The number of benzene rings is 1. The van der Waals surface area contributed by atoms with E-state index in [9.17, 15) is 4.79 Å². The highest BCUT2D eigenvalue weighted by atomic mass is 16.5. The standard InChI is InChI=1S/C19H24N2O3/c1-2-14-11-21(12-17(14)20-7-9-23-10-8-20)19(22)16-13-24-18-6-4-3-5-15(16)18/h3-6,13-14,17H,2,7-12H2,1H3/t14-,17+/m1/s1. The van der Waals surface area contributed by atoms with E-state index in [4.69, 9.17) is 9.15 Å². The van der Waals surface area contributed by atoms with Gasteiger partial charge >= 0.3 is 0 Å². The number of hydrogen-bond donors (Lipinski definition) is 0. The Morgan fingerprint density at radius 2 is 2.00 bits per heavy atom. The number of likely N-dealkylation sites (tertiary alicyclic amines) is 1. The average Bonchev–Trinajstić information content (AvgIpc) is 3.26. The lowest BCUT2D eigenvalue weighted by Crippen LogP contribution is -2.47. The lowest BCUT2D eigenvalue weighted by molar-refractivity contribution is 0.0103. The molecule has 0 saturated carbocycles. The number of nitrogens with zero attached hydrogens (tertiary/aromatic N) is 2. The molecule has 5 heteroatoms. The number of furan rings is 1. The van der Waals surface area contributed by atoms with Gasteiger partial charge in [0, 0.05) is 37.6 Å². The second-order valence-corrected chi connectivity index (χ2v) is 6.74. The van der Waals surface area contributed by atoms with Gasteiger partial charge < -0.3 is 14.1 Å². The number of rotatable bonds is 3. The molecule has 2 aromatic rings. The van der Waals surface area contributed by atoms with Gasteiger partial charge in [-0.05, 0) is 12.0 Å². The van der Waals surface area contributed by atoms with E-state index in [2.05, 4.69) is 11.8 Å². The van der Waals surface area contributed by atoms with Crippen LogP contribution in [0.5, 0.6) is 0 Å². The van der Waals surface area contributed by atoms with Crippen LogP contribution in [0.25, 0.3) is 11.0 Å². The van der Waals surface area contributed by atoms with Crippen molar-refractivity contribution in [1.29, 1.82) is 0 Å². The summed E-state index contributed by atoms with van der Waals surface area (Å²) in [5, 5.41) is 0.908. The van der Waals surface area contributed by atoms with Crippen molar-refractivity contribution < 1.29 is 13.9 Å². The third kappa shape index (κ3) is 2.72. The zero-order valence-electron chi connectivity index (χ0n) is 14.1. The Hall–Kier alpha value is -1.85. The lowest BCUT2D eigenvalue weighted by Gasteiger charge is -2.34. The van der Waals surface area contributed by atoms with Crippen molar-refractivity contribution in [1.82, 2.24) is 9.80 Å². The quantitative estimate of drug-likeness (QED) is 0.869. The van der Waals surface area contributed by atoms with Crippen LogP contribution in [-0.2, 0) is 4.74 Å². The zero-order chi connectivity index (χ0) is 16.5. The fourth-order valence-corrected chi connectivity index (χ4v) is 4.06. The molecule has 4 rings (SSSR count). The van der Waals surface area contributed by atoms with Crippen LogP contribution in [0.3, 0.4) is 0 Å². The van der Waals surface area contributed by atoms with Gasteiger partial charge in [-0.2, -0.15) is 0 Å². The highest BCUT2D eigenvalue weighted by Gasteiger charge is 2.38. The molecule has 0 N–H and O–H groups in total. The van der Waals surface area contributed by atoms with E-state index < -0.39 is 0 Å². The van der Waals surface area contributed by atoms with Gasteiger partial charge in [0.05, 0.1) is 18.8 Å². The van der Waals surface area contributed by atoms with Crippen LogP contribution in [0.4, 0.5) is 0 Å². The normalized spacial score (nSPS) is 25.5. The number of amides is 1. The van der Waals surface area contributed by atoms with Crippen molar-refractivity contribution in [3.63, 3.8) is 0 Å². The topological polar surface area (TPSA) is 45.9 Å². The smallest absolute Gasteiger partial charge is 0.257 e. The monoisotopic (exact) mass is 328 g/mol. The highest BCUT2D eigenvalue weighted by molar-refractivity contribution is 6.06. The first-order valence-electron chi connectivity index (χ1n) is 8.85. The molecule has 2 saturated heterocycles. The van der Waals surface area contributed by atoms with E-state index >= 15 is 0 Å². The average molecular weight is 328 g/mol. The maximum Gasteiger partial charge on any atom is 0.257 e. The molecule has 1 aromatic heterocycles. The molecular formula is C19H24N2O3. The van der Waals surface area contributed by atoms with Crippen LogP contribution in [0, 0.1) is 5.92 Å². The Kier molecular flexibility index (Phi) is 4.29. The summed E-state index contributed by atoms with van der Waals surface area (Å²) in [6.45, 7) is 7.39. The molecule has 128 valence electrons. The molecular weight excluding hydrogens is 304 g/mol. The molecule has 0 spiro atoms. The number of para-hydroxylation sites is 1. The predicted octanol–water partition coefficient (Wildman–Crippen LogP) is 2.62. The second-order valence-electron chi connectivity index (χ2n) is 6.74. The number of hydrogen-bond acceptors (Lipinski definition) is 4. The van der Waals surface area contributed by atoms with Gasteiger partial charge in [-0.3, -0.25) is 9.69 Å². The Morgan fingerprint density at radius 1 is 1.21 bits per heavy atom. The van der Waals surface area contributed by atoms with Gasteiger partial charge in [-0.1, -0.05) is 31.5 Å². The molecule has 2 fully saturated rings. The lowest BCUT2D eigenvalue weighted by atomic mass is 9.99. The van der Waals surface area contributed by atoms with Crippen LogP contribution in [0.15, 0.2) is 34.9 Å². The number of carbonyl (C=O) groups excluding carboxylic acids is 1. The van der Waals surface area contributed by atoms with Crippen LogP contribution in [-0.4, -0.2) is 61.1 Å². The van der Waals surface area contributed by atoms with Gasteiger partial charge in [0.2, 0.25) is 0 Å². The summed E-state index contributed by atoms with van der Waals surface area (Å²) in [5.74, 6) is 0.624. The van der Waals surface area contributed by atoms with Gasteiger partial charge in [-0.15, -0.1) is 0 Å². The molecule has 5 nitrogen and oxygen atoms in total. The summed E-state index contributed by atoms with van der Waals surface area (Å²) in [5.41, 5.74) is 1.46. The molecule has 0 bridgehead atoms. The van der Waals surface area contributed by atoms with E-state index in [-0.39, 0.29) is 5.91 Å². The van der Waals surface area contributed by atoms with Gasteiger partial charge in [0.25, 0.3) is 5.91 Å². The summed E-state index contributed by atoms with van der Waals surface area (Å²) in [6, 6.07) is 8.18. The molecule has 1 amide bonds. The van der Waals surface area contributed by atoms with E-state index in [1.807, 2.05) is 29.2 Å². The van der Waals surface area contributed by atoms with Gasteiger partial charge in [0.1, 0.15) is 11.8 Å². The van der Waals surface area contributed by atoms with Gasteiger partial charge in [-0.25, -0.2) is 0 Å². The Morgan fingerprint density at radius 3 is 2.79 bits per heavy atom. The SMILES string of the molecule is CC[C@@H]1CN(C(=O)c2coc3ccccc23)C[C@@H]1N1CCOCC1. The van der Waals surface area contributed by atoms with E-state index in [0.29, 0.717) is 17.5 Å². The summed E-state index contributed by atoms with van der Waals surface area (Å²) >= 11 is 0. The first-order chi connectivity index (χ1) is 11.8. The van der Waals surface area contributed by atoms with Crippen LogP contribution < -0.4 is 0 Å². The number of carbonyl (C=O) groups is 1. The largest absolute Gasteiger partial charge is 0.463 e. The van der Waals surface area contributed by atoms with Crippen LogP contribution in [0.2, 0.25) is 0 Å². The fraction of sp³-hybridized carbons (Fsp3) is 0.526. The molecule has 2 aliphatic heterocycles. The van der Waals surface area contributed by atoms with Crippen molar-refractivity contribution in [3.05, 3.63) is 36.1 Å². The predicted molar refractivity (Wildman–Crippen MR) is 92.1 cm³/mol. The molecule has 2 aliphatic rings. The van der Waals surface area contributed by atoms with E-state index in [1.165, 1.54) is 0 Å². The summed E-state index contributed by atoms with van der Waals surface area (Å²) in [6.07, 6.45) is 2.70. The number of ether oxygens (including phenoxy) is 1. The van der Waals surface area contributed by atoms with E-state index in [0.717, 1.165) is 56.8 Å². The van der Waals surface area contributed by atoms with Crippen molar-refractivity contribution in [3.8, 4) is 0 Å². The minimum Gasteiger partial charge on any atom is -0.463 e.